The fraction of sp³-hybridized carbons (Fsp3) is 0.833. The van der Waals surface area contributed by atoms with Crippen LogP contribution in [0.2, 0.25) is 0 Å². The summed E-state index contributed by atoms with van der Waals surface area (Å²) >= 11 is 0. The second-order valence-electron chi connectivity index (χ2n) is 4.11. The second kappa shape index (κ2) is 10.5. The fourth-order valence-corrected chi connectivity index (χ4v) is 0.560. The van der Waals surface area contributed by atoms with Crippen LogP contribution in [-0.2, 0) is 19.1 Å². The van der Waals surface area contributed by atoms with E-state index in [1.807, 2.05) is 27.7 Å². The van der Waals surface area contributed by atoms with E-state index in [-0.39, 0.29) is 17.9 Å². The summed E-state index contributed by atoms with van der Waals surface area (Å²) in [6, 6.07) is 0. The van der Waals surface area contributed by atoms with Gasteiger partial charge in [-0.1, -0.05) is 34.6 Å². The minimum absolute atomic E-state index is 0.00116. The molecule has 0 heterocycles. The van der Waals surface area contributed by atoms with Crippen LogP contribution in [0.5, 0.6) is 0 Å². The van der Waals surface area contributed by atoms with Gasteiger partial charge in [0, 0.05) is 6.42 Å². The summed E-state index contributed by atoms with van der Waals surface area (Å²) in [5.74, 6) is 0.171. The van der Waals surface area contributed by atoms with Crippen LogP contribution in [0, 0.1) is 11.8 Å². The molecule has 4 heteroatoms. The summed E-state index contributed by atoms with van der Waals surface area (Å²) in [5.41, 5.74) is 0. The van der Waals surface area contributed by atoms with Gasteiger partial charge in [0.25, 0.3) is 0 Å². The molecule has 0 aliphatic heterocycles. The summed E-state index contributed by atoms with van der Waals surface area (Å²) in [6.45, 7) is 10.0. The topological polar surface area (TPSA) is 52.6 Å². The van der Waals surface area contributed by atoms with Crippen LogP contribution in [0.25, 0.3) is 0 Å². The molecule has 0 amide bonds. The molecule has 0 unspecified atom stereocenters. The van der Waals surface area contributed by atoms with Crippen LogP contribution < -0.4 is 0 Å². The molecule has 0 saturated heterocycles. The average molecular weight is 232 g/mol. The second-order valence-corrected chi connectivity index (χ2v) is 4.11. The van der Waals surface area contributed by atoms with Crippen LogP contribution in [-0.4, -0.2) is 25.7 Å². The molecule has 4 nitrogen and oxygen atoms in total. The Morgan fingerprint density at radius 1 is 1.12 bits per heavy atom. The first kappa shape index (κ1) is 17.3. The molecule has 0 rings (SSSR count). The maximum atomic E-state index is 10.8. The first-order valence-corrected chi connectivity index (χ1v) is 5.58. The van der Waals surface area contributed by atoms with Gasteiger partial charge in [-0.2, -0.15) is 0 Å². The van der Waals surface area contributed by atoms with Gasteiger partial charge in [0.15, 0.2) is 0 Å². The Kier molecular flexibility index (Phi) is 11.3. The van der Waals surface area contributed by atoms with E-state index < -0.39 is 0 Å². The quantitative estimate of drug-likeness (QED) is 0.698. The lowest BCUT2D eigenvalue weighted by Crippen LogP contribution is -2.14. The lowest BCUT2D eigenvalue weighted by atomic mass is 10.2. The molecule has 0 aromatic carbocycles. The van der Waals surface area contributed by atoms with Crippen molar-refractivity contribution in [3.05, 3.63) is 0 Å². The smallest absolute Gasteiger partial charge is 0.308 e. The molecule has 0 bridgehead atoms. The van der Waals surface area contributed by atoms with Gasteiger partial charge >= 0.3 is 11.9 Å². The van der Waals surface area contributed by atoms with Gasteiger partial charge in [-0.25, -0.2) is 0 Å². The Labute approximate surface area is 98.3 Å². The number of ether oxygens (including phenoxy) is 2. The number of methoxy groups -OCH3 is 1. The normalized spacial score (nSPS) is 9.50. The standard InChI is InChI=1S/C8H16O2.C4H8O2/c1-6(2)5-10-8(9)7(3)4;1-3-4(5)6-2/h6-7H,5H2,1-4H3;3H2,1-2H3. The van der Waals surface area contributed by atoms with E-state index in [1.165, 1.54) is 7.11 Å². The lowest BCUT2D eigenvalue weighted by molar-refractivity contribution is -0.148. The Morgan fingerprint density at radius 2 is 1.62 bits per heavy atom. The van der Waals surface area contributed by atoms with E-state index in [0.717, 1.165) is 0 Å². The summed E-state index contributed by atoms with van der Waals surface area (Å²) in [7, 11) is 1.38. The Morgan fingerprint density at radius 3 is 1.81 bits per heavy atom. The molecule has 0 spiro atoms. The molecule has 0 aromatic heterocycles. The summed E-state index contributed by atoms with van der Waals surface area (Å²) < 4.78 is 9.19. The minimum atomic E-state index is -0.157. The van der Waals surface area contributed by atoms with Crippen LogP contribution in [0.3, 0.4) is 0 Å². The largest absolute Gasteiger partial charge is 0.469 e. The highest BCUT2D eigenvalue weighted by Gasteiger charge is 2.07. The summed E-state index contributed by atoms with van der Waals surface area (Å²) in [5, 5.41) is 0. The molecule has 0 saturated carbocycles. The van der Waals surface area contributed by atoms with E-state index in [0.29, 0.717) is 18.9 Å². The van der Waals surface area contributed by atoms with E-state index in [2.05, 4.69) is 4.74 Å². The van der Waals surface area contributed by atoms with Crippen LogP contribution >= 0.6 is 0 Å². The Balaban J connectivity index is 0. The molecule has 0 aromatic rings. The molecule has 0 N–H and O–H groups in total. The fourth-order valence-electron chi connectivity index (χ4n) is 0.560. The average Bonchev–Trinajstić information content (AvgIpc) is 2.25. The Bertz CT molecular complexity index is 191. The molecule has 96 valence electrons. The third-order valence-electron chi connectivity index (χ3n) is 1.55. The zero-order chi connectivity index (χ0) is 13.1. The van der Waals surface area contributed by atoms with Gasteiger partial charge in [0.2, 0.25) is 0 Å². The maximum absolute atomic E-state index is 10.8. The predicted octanol–water partition coefficient (Wildman–Crippen LogP) is 2.41. The van der Waals surface area contributed by atoms with Gasteiger partial charge in [0.1, 0.15) is 0 Å². The predicted molar refractivity (Wildman–Crippen MR) is 62.9 cm³/mol. The highest BCUT2D eigenvalue weighted by Crippen LogP contribution is 1.99. The highest BCUT2D eigenvalue weighted by atomic mass is 16.5. The van der Waals surface area contributed by atoms with Crippen LogP contribution in [0.1, 0.15) is 41.0 Å². The number of hydrogen-bond donors (Lipinski definition) is 0. The molecule has 0 radical (unpaired) electrons. The van der Waals surface area contributed by atoms with Crippen molar-refractivity contribution in [3.8, 4) is 0 Å². The van der Waals surface area contributed by atoms with Gasteiger partial charge in [-0.3, -0.25) is 9.59 Å². The van der Waals surface area contributed by atoms with Gasteiger partial charge in [-0.05, 0) is 5.92 Å². The van der Waals surface area contributed by atoms with Crippen molar-refractivity contribution in [2.45, 2.75) is 41.0 Å². The highest BCUT2D eigenvalue weighted by molar-refractivity contribution is 5.71. The zero-order valence-electron chi connectivity index (χ0n) is 11.2. The molecular formula is C12H24O4. The number of esters is 2. The third kappa shape index (κ3) is 12.9. The van der Waals surface area contributed by atoms with Crippen molar-refractivity contribution < 1.29 is 19.1 Å². The number of carbonyl (C=O) groups is 2. The van der Waals surface area contributed by atoms with E-state index in [4.69, 9.17) is 4.74 Å². The number of carbonyl (C=O) groups excluding carboxylic acids is 2. The van der Waals surface area contributed by atoms with Crippen molar-refractivity contribution in [3.63, 3.8) is 0 Å². The minimum Gasteiger partial charge on any atom is -0.469 e. The van der Waals surface area contributed by atoms with E-state index in [9.17, 15) is 9.59 Å². The molecule has 0 fully saturated rings. The first-order chi connectivity index (χ1) is 7.34. The zero-order valence-corrected chi connectivity index (χ0v) is 11.2. The lowest BCUT2D eigenvalue weighted by Gasteiger charge is -2.08. The third-order valence-corrected chi connectivity index (χ3v) is 1.55. The van der Waals surface area contributed by atoms with Crippen molar-refractivity contribution >= 4 is 11.9 Å². The molecule has 0 aliphatic rings. The van der Waals surface area contributed by atoms with Crippen molar-refractivity contribution in [1.82, 2.24) is 0 Å². The van der Waals surface area contributed by atoms with Crippen molar-refractivity contribution in [2.75, 3.05) is 13.7 Å². The number of hydrogen-bond acceptors (Lipinski definition) is 4. The first-order valence-electron chi connectivity index (χ1n) is 5.58. The van der Waals surface area contributed by atoms with Crippen molar-refractivity contribution in [2.24, 2.45) is 11.8 Å². The van der Waals surface area contributed by atoms with Gasteiger partial charge in [0.05, 0.1) is 19.6 Å². The summed E-state index contributed by atoms with van der Waals surface area (Å²) in [4.78, 5) is 20.8. The van der Waals surface area contributed by atoms with Gasteiger partial charge < -0.3 is 9.47 Å². The van der Waals surface area contributed by atoms with Gasteiger partial charge in [-0.15, -0.1) is 0 Å². The summed E-state index contributed by atoms with van der Waals surface area (Å²) in [6.07, 6.45) is 0.469. The number of rotatable bonds is 4. The monoisotopic (exact) mass is 232 g/mol. The maximum Gasteiger partial charge on any atom is 0.308 e. The SMILES string of the molecule is CC(C)COC(=O)C(C)C.CCC(=O)OC. The van der Waals surface area contributed by atoms with E-state index >= 15 is 0 Å². The molecule has 0 atom stereocenters. The van der Waals surface area contributed by atoms with E-state index in [1.54, 1.807) is 6.92 Å². The molecule has 16 heavy (non-hydrogen) atoms. The van der Waals surface area contributed by atoms with Crippen LogP contribution in [0.4, 0.5) is 0 Å². The Hall–Kier alpha value is -1.06. The van der Waals surface area contributed by atoms with Crippen molar-refractivity contribution in [1.29, 1.82) is 0 Å². The molecule has 0 aliphatic carbocycles. The van der Waals surface area contributed by atoms with Crippen LogP contribution in [0.15, 0.2) is 0 Å². The molecular weight excluding hydrogens is 208 g/mol.